The Kier molecular flexibility index (Phi) is 5.35. The molecule has 0 bridgehead atoms. The molecule has 2 N–H and O–H groups in total. The molecule has 0 saturated carbocycles. The van der Waals surface area contributed by atoms with Gasteiger partial charge in [-0.1, -0.05) is 6.92 Å². The van der Waals surface area contributed by atoms with Crippen LogP contribution in [0.1, 0.15) is 36.7 Å². The van der Waals surface area contributed by atoms with Gasteiger partial charge in [-0.3, -0.25) is 9.59 Å². The van der Waals surface area contributed by atoms with Crippen molar-refractivity contribution in [2.75, 3.05) is 6.54 Å². The molecule has 1 amide bonds. The molecule has 1 rings (SSSR count). The molecule has 6 heteroatoms. The van der Waals surface area contributed by atoms with Crippen molar-refractivity contribution in [2.24, 2.45) is 13.0 Å². The van der Waals surface area contributed by atoms with Crippen molar-refractivity contribution in [1.82, 2.24) is 14.9 Å². The van der Waals surface area contributed by atoms with E-state index in [9.17, 15) is 9.59 Å². The summed E-state index contributed by atoms with van der Waals surface area (Å²) in [6.07, 6.45) is 4.68. The molecule has 1 aromatic heterocycles. The van der Waals surface area contributed by atoms with Crippen LogP contribution in [0.5, 0.6) is 0 Å². The highest BCUT2D eigenvalue weighted by molar-refractivity contribution is 5.92. The van der Waals surface area contributed by atoms with Crippen molar-refractivity contribution in [1.29, 1.82) is 0 Å². The Labute approximate surface area is 106 Å². The lowest BCUT2D eigenvalue weighted by Gasteiger charge is -2.10. The first-order valence-corrected chi connectivity index (χ1v) is 5.97. The van der Waals surface area contributed by atoms with Gasteiger partial charge in [0.25, 0.3) is 5.91 Å². The van der Waals surface area contributed by atoms with E-state index in [1.807, 2.05) is 6.92 Å². The van der Waals surface area contributed by atoms with Crippen molar-refractivity contribution < 1.29 is 14.7 Å². The van der Waals surface area contributed by atoms with Gasteiger partial charge in [-0.25, -0.2) is 4.98 Å². The number of nitrogens with zero attached hydrogens (tertiary/aromatic N) is 2. The van der Waals surface area contributed by atoms with E-state index in [0.717, 1.165) is 6.42 Å². The first kappa shape index (κ1) is 14.2. The van der Waals surface area contributed by atoms with Crippen molar-refractivity contribution in [3.63, 3.8) is 0 Å². The molecule has 100 valence electrons. The van der Waals surface area contributed by atoms with Crippen LogP contribution in [0.3, 0.4) is 0 Å². The van der Waals surface area contributed by atoms with Gasteiger partial charge in [0.1, 0.15) is 5.69 Å². The zero-order valence-electron chi connectivity index (χ0n) is 10.7. The molecule has 1 atom stereocenters. The maximum absolute atomic E-state index is 11.7. The first-order chi connectivity index (χ1) is 8.50. The van der Waals surface area contributed by atoms with Crippen LogP contribution in [0.15, 0.2) is 12.5 Å². The third-order valence-corrected chi connectivity index (χ3v) is 2.82. The molecule has 0 radical (unpaired) electrons. The lowest BCUT2D eigenvalue weighted by Crippen LogP contribution is -2.27. The Hall–Kier alpha value is -1.85. The number of amides is 1. The summed E-state index contributed by atoms with van der Waals surface area (Å²) in [5.74, 6) is -0.644. The average Bonchev–Trinajstić information content (AvgIpc) is 2.72. The van der Waals surface area contributed by atoms with Crippen LogP contribution in [0.2, 0.25) is 0 Å². The fourth-order valence-electron chi connectivity index (χ4n) is 1.61. The van der Waals surface area contributed by atoms with Gasteiger partial charge in [0, 0.05) is 20.0 Å². The van der Waals surface area contributed by atoms with E-state index in [1.165, 1.54) is 6.20 Å². The third-order valence-electron chi connectivity index (χ3n) is 2.82. The van der Waals surface area contributed by atoms with Crippen molar-refractivity contribution >= 4 is 11.9 Å². The normalized spacial score (nSPS) is 12.1. The van der Waals surface area contributed by atoms with Crippen LogP contribution in [0.4, 0.5) is 0 Å². The Morgan fingerprint density at radius 2 is 2.22 bits per heavy atom. The van der Waals surface area contributed by atoms with Gasteiger partial charge in [-0.15, -0.1) is 0 Å². The highest BCUT2D eigenvalue weighted by Gasteiger charge is 2.10. The lowest BCUT2D eigenvalue weighted by atomic mass is 10.0. The summed E-state index contributed by atoms with van der Waals surface area (Å²) < 4.78 is 1.66. The zero-order chi connectivity index (χ0) is 13.5. The summed E-state index contributed by atoms with van der Waals surface area (Å²) >= 11 is 0. The van der Waals surface area contributed by atoms with E-state index in [1.54, 1.807) is 17.9 Å². The van der Waals surface area contributed by atoms with Crippen molar-refractivity contribution in [2.45, 2.75) is 26.2 Å². The summed E-state index contributed by atoms with van der Waals surface area (Å²) in [7, 11) is 1.76. The second-order valence-electron chi connectivity index (χ2n) is 4.47. The molecule has 0 aliphatic carbocycles. The van der Waals surface area contributed by atoms with Crippen LogP contribution >= 0.6 is 0 Å². The minimum atomic E-state index is -0.777. The number of carbonyl (C=O) groups excluding carboxylic acids is 1. The second-order valence-corrected chi connectivity index (χ2v) is 4.47. The molecule has 0 spiro atoms. The standard InChI is InChI=1S/C12H19N3O3/c1-9(3-4-11(16)17)5-6-14-12(18)10-7-13-8-15(10)2/h7-9H,3-6H2,1-2H3,(H,14,18)(H,16,17). The molecule has 6 nitrogen and oxygen atoms in total. The van der Waals surface area contributed by atoms with E-state index >= 15 is 0 Å². The number of rotatable bonds is 7. The molecule has 1 heterocycles. The molecular weight excluding hydrogens is 234 g/mol. The summed E-state index contributed by atoms with van der Waals surface area (Å²) in [5, 5.41) is 11.3. The molecular formula is C12H19N3O3. The quantitative estimate of drug-likeness (QED) is 0.760. The third kappa shape index (κ3) is 4.57. The van der Waals surface area contributed by atoms with Crippen LogP contribution < -0.4 is 5.32 Å². The number of hydrogen-bond acceptors (Lipinski definition) is 3. The Balaban J connectivity index is 2.24. The van der Waals surface area contributed by atoms with E-state index in [2.05, 4.69) is 10.3 Å². The number of hydrogen-bond donors (Lipinski definition) is 2. The summed E-state index contributed by atoms with van der Waals surface area (Å²) in [6, 6.07) is 0. The van der Waals surface area contributed by atoms with Crippen molar-refractivity contribution in [3.8, 4) is 0 Å². The Bertz CT molecular complexity index is 414. The number of aliphatic carboxylic acids is 1. The molecule has 1 aromatic rings. The van der Waals surface area contributed by atoms with Crippen LogP contribution in [0, 0.1) is 5.92 Å². The molecule has 0 saturated heterocycles. The summed E-state index contributed by atoms with van der Waals surface area (Å²) in [6.45, 7) is 2.53. The fourth-order valence-corrected chi connectivity index (χ4v) is 1.61. The monoisotopic (exact) mass is 253 g/mol. The smallest absolute Gasteiger partial charge is 0.303 e. The van der Waals surface area contributed by atoms with E-state index in [4.69, 9.17) is 5.11 Å². The number of carboxylic acids is 1. The minimum absolute atomic E-state index is 0.152. The number of aromatic nitrogens is 2. The van der Waals surface area contributed by atoms with Crippen molar-refractivity contribution in [3.05, 3.63) is 18.2 Å². The molecule has 0 aromatic carbocycles. The van der Waals surface area contributed by atoms with E-state index in [-0.39, 0.29) is 18.2 Å². The highest BCUT2D eigenvalue weighted by Crippen LogP contribution is 2.09. The Morgan fingerprint density at radius 1 is 1.50 bits per heavy atom. The van der Waals surface area contributed by atoms with Crippen LogP contribution in [-0.4, -0.2) is 33.1 Å². The fraction of sp³-hybridized carbons (Fsp3) is 0.583. The molecule has 0 fully saturated rings. The van der Waals surface area contributed by atoms with Gasteiger partial charge in [0.2, 0.25) is 0 Å². The Morgan fingerprint density at radius 3 is 2.78 bits per heavy atom. The number of nitrogens with one attached hydrogen (secondary N) is 1. The minimum Gasteiger partial charge on any atom is -0.481 e. The van der Waals surface area contributed by atoms with Gasteiger partial charge in [-0.2, -0.15) is 0 Å². The van der Waals surface area contributed by atoms with E-state index < -0.39 is 5.97 Å². The predicted molar refractivity (Wildman–Crippen MR) is 66.2 cm³/mol. The molecule has 1 unspecified atom stereocenters. The molecule has 18 heavy (non-hydrogen) atoms. The first-order valence-electron chi connectivity index (χ1n) is 5.97. The predicted octanol–water partition coefficient (Wildman–Crippen LogP) is 1.04. The maximum Gasteiger partial charge on any atom is 0.303 e. The molecule has 0 aliphatic heterocycles. The lowest BCUT2D eigenvalue weighted by molar-refractivity contribution is -0.137. The van der Waals surface area contributed by atoms with E-state index in [0.29, 0.717) is 18.7 Å². The summed E-state index contributed by atoms with van der Waals surface area (Å²) in [5.41, 5.74) is 0.521. The highest BCUT2D eigenvalue weighted by atomic mass is 16.4. The average molecular weight is 253 g/mol. The SMILES string of the molecule is CC(CCNC(=O)c1cncn1C)CCC(=O)O. The largest absolute Gasteiger partial charge is 0.481 e. The topological polar surface area (TPSA) is 84.2 Å². The molecule has 0 aliphatic rings. The van der Waals surface area contributed by atoms with Gasteiger partial charge in [0.05, 0.1) is 12.5 Å². The maximum atomic E-state index is 11.7. The van der Waals surface area contributed by atoms with Gasteiger partial charge in [-0.05, 0) is 18.8 Å². The van der Waals surface area contributed by atoms with Gasteiger partial charge >= 0.3 is 5.97 Å². The number of carbonyl (C=O) groups is 2. The number of carboxylic acid groups (broad SMARTS) is 1. The van der Waals surface area contributed by atoms with Gasteiger partial charge < -0.3 is 15.0 Å². The second kappa shape index (κ2) is 6.78. The summed E-state index contributed by atoms with van der Waals surface area (Å²) in [4.78, 5) is 26.0. The zero-order valence-corrected chi connectivity index (χ0v) is 10.7. The van der Waals surface area contributed by atoms with Gasteiger partial charge in [0.15, 0.2) is 0 Å². The van der Waals surface area contributed by atoms with Crippen LogP contribution in [0.25, 0.3) is 0 Å². The number of imidazole rings is 1. The number of aryl methyl sites for hydroxylation is 1. The van der Waals surface area contributed by atoms with Crippen LogP contribution in [-0.2, 0) is 11.8 Å².